The van der Waals surface area contributed by atoms with Crippen LogP contribution in [0.3, 0.4) is 0 Å². The van der Waals surface area contributed by atoms with E-state index in [1.807, 2.05) is 0 Å². The van der Waals surface area contributed by atoms with Gasteiger partial charge < -0.3 is 10.5 Å². The fourth-order valence-electron chi connectivity index (χ4n) is 1.90. The lowest BCUT2D eigenvalue weighted by atomic mass is 9.83. The zero-order chi connectivity index (χ0) is 12.1. The van der Waals surface area contributed by atoms with Crippen LogP contribution in [0.2, 0.25) is 0 Å². The number of hydrogen-bond acceptors (Lipinski definition) is 4. The van der Waals surface area contributed by atoms with Gasteiger partial charge in [0.15, 0.2) is 0 Å². The first-order chi connectivity index (χ1) is 8.29. The first-order valence-corrected chi connectivity index (χ1v) is 6.11. The van der Waals surface area contributed by atoms with E-state index >= 15 is 0 Å². The SMILES string of the molecule is NCc1cc(C(=O)OCCC2CCC2)ccn1. The van der Waals surface area contributed by atoms with E-state index in [0.717, 1.165) is 12.3 Å². The largest absolute Gasteiger partial charge is 0.462 e. The quantitative estimate of drug-likeness (QED) is 0.790. The molecule has 0 unspecified atom stereocenters. The fraction of sp³-hybridized carbons (Fsp3) is 0.538. The van der Waals surface area contributed by atoms with Gasteiger partial charge in [0.25, 0.3) is 0 Å². The van der Waals surface area contributed by atoms with Crippen molar-refractivity contribution >= 4 is 5.97 Å². The van der Waals surface area contributed by atoms with Gasteiger partial charge in [0, 0.05) is 12.7 Å². The number of rotatable bonds is 5. The molecular weight excluding hydrogens is 216 g/mol. The highest BCUT2D eigenvalue weighted by Crippen LogP contribution is 2.29. The molecule has 1 fully saturated rings. The lowest BCUT2D eigenvalue weighted by Crippen LogP contribution is -2.15. The first-order valence-electron chi connectivity index (χ1n) is 6.11. The van der Waals surface area contributed by atoms with E-state index in [1.165, 1.54) is 19.3 Å². The van der Waals surface area contributed by atoms with Crippen LogP contribution in [0.15, 0.2) is 18.3 Å². The molecule has 0 aliphatic heterocycles. The summed E-state index contributed by atoms with van der Waals surface area (Å²) in [7, 11) is 0. The van der Waals surface area contributed by atoms with Crippen LogP contribution in [0, 0.1) is 5.92 Å². The number of nitrogens with two attached hydrogens (primary N) is 1. The van der Waals surface area contributed by atoms with E-state index in [1.54, 1.807) is 18.3 Å². The molecule has 0 amide bonds. The molecule has 0 atom stereocenters. The second kappa shape index (κ2) is 5.77. The third-order valence-corrected chi connectivity index (χ3v) is 3.25. The third-order valence-electron chi connectivity index (χ3n) is 3.25. The Labute approximate surface area is 101 Å². The Morgan fingerprint density at radius 3 is 3.00 bits per heavy atom. The molecule has 0 radical (unpaired) electrons. The van der Waals surface area contributed by atoms with Gasteiger partial charge in [-0.15, -0.1) is 0 Å². The number of aromatic nitrogens is 1. The number of carbonyl (C=O) groups excluding carboxylic acids is 1. The van der Waals surface area contributed by atoms with Gasteiger partial charge in [0.1, 0.15) is 0 Å². The molecule has 2 rings (SSSR count). The molecule has 2 N–H and O–H groups in total. The Bertz CT molecular complexity index is 389. The Kier molecular flexibility index (Phi) is 4.09. The van der Waals surface area contributed by atoms with E-state index in [9.17, 15) is 4.79 Å². The summed E-state index contributed by atoms with van der Waals surface area (Å²) < 4.78 is 5.23. The molecule has 1 saturated carbocycles. The Balaban J connectivity index is 1.81. The molecule has 4 nitrogen and oxygen atoms in total. The van der Waals surface area contributed by atoms with Crippen molar-refractivity contribution in [2.24, 2.45) is 11.7 Å². The molecule has 0 saturated heterocycles. The van der Waals surface area contributed by atoms with Crippen LogP contribution in [0.5, 0.6) is 0 Å². The molecule has 0 spiro atoms. The average Bonchev–Trinajstić information content (AvgIpc) is 2.32. The topological polar surface area (TPSA) is 65.2 Å². The van der Waals surface area contributed by atoms with Crippen LogP contribution in [0.4, 0.5) is 0 Å². The molecule has 92 valence electrons. The minimum Gasteiger partial charge on any atom is -0.462 e. The molecule has 1 aromatic rings. The van der Waals surface area contributed by atoms with Crippen molar-refractivity contribution in [3.63, 3.8) is 0 Å². The van der Waals surface area contributed by atoms with Gasteiger partial charge in [-0.25, -0.2) is 4.79 Å². The van der Waals surface area contributed by atoms with E-state index in [4.69, 9.17) is 10.5 Å². The predicted molar refractivity (Wildman–Crippen MR) is 64.4 cm³/mol. The van der Waals surface area contributed by atoms with Gasteiger partial charge in [0.2, 0.25) is 0 Å². The lowest BCUT2D eigenvalue weighted by Gasteiger charge is -2.24. The summed E-state index contributed by atoms with van der Waals surface area (Å²) in [6.07, 6.45) is 6.46. The Hall–Kier alpha value is -1.42. The summed E-state index contributed by atoms with van der Waals surface area (Å²) >= 11 is 0. The smallest absolute Gasteiger partial charge is 0.338 e. The monoisotopic (exact) mass is 234 g/mol. The second-order valence-corrected chi connectivity index (χ2v) is 4.46. The predicted octanol–water partition coefficient (Wildman–Crippen LogP) is 1.89. The van der Waals surface area contributed by atoms with Gasteiger partial charge >= 0.3 is 5.97 Å². The maximum atomic E-state index is 11.7. The van der Waals surface area contributed by atoms with Gasteiger partial charge in [-0.1, -0.05) is 19.3 Å². The fourth-order valence-corrected chi connectivity index (χ4v) is 1.90. The lowest BCUT2D eigenvalue weighted by molar-refractivity contribution is 0.0464. The third kappa shape index (κ3) is 3.27. The van der Waals surface area contributed by atoms with Gasteiger partial charge in [0.05, 0.1) is 17.9 Å². The summed E-state index contributed by atoms with van der Waals surface area (Å²) in [5.41, 5.74) is 6.71. The maximum absolute atomic E-state index is 11.7. The first kappa shape index (κ1) is 12.0. The van der Waals surface area contributed by atoms with E-state index in [-0.39, 0.29) is 5.97 Å². The van der Waals surface area contributed by atoms with Crippen LogP contribution >= 0.6 is 0 Å². The number of pyridine rings is 1. The number of carbonyl (C=O) groups is 1. The zero-order valence-corrected chi connectivity index (χ0v) is 9.89. The summed E-state index contributed by atoms with van der Waals surface area (Å²) in [6.45, 7) is 0.854. The summed E-state index contributed by atoms with van der Waals surface area (Å²) in [5.74, 6) is 0.487. The van der Waals surface area contributed by atoms with Crippen LogP contribution in [-0.4, -0.2) is 17.6 Å². The van der Waals surface area contributed by atoms with Crippen molar-refractivity contribution in [1.82, 2.24) is 4.98 Å². The summed E-state index contributed by atoms with van der Waals surface area (Å²) in [6, 6.07) is 3.34. The molecule has 1 aliphatic rings. The van der Waals surface area contributed by atoms with Crippen LogP contribution < -0.4 is 5.73 Å². The summed E-state index contributed by atoms with van der Waals surface area (Å²) in [5, 5.41) is 0. The standard InChI is InChI=1S/C13H18N2O2/c14-9-12-8-11(4-6-15-12)13(16)17-7-5-10-2-1-3-10/h4,6,8,10H,1-3,5,7,9,14H2. The highest BCUT2D eigenvalue weighted by Gasteiger charge is 2.17. The number of ether oxygens (including phenoxy) is 1. The number of hydrogen-bond donors (Lipinski definition) is 1. The van der Waals surface area contributed by atoms with E-state index in [2.05, 4.69) is 4.98 Å². The average molecular weight is 234 g/mol. The molecule has 1 heterocycles. The zero-order valence-electron chi connectivity index (χ0n) is 9.89. The second-order valence-electron chi connectivity index (χ2n) is 4.46. The minimum absolute atomic E-state index is 0.276. The summed E-state index contributed by atoms with van der Waals surface area (Å²) in [4.78, 5) is 15.7. The van der Waals surface area contributed by atoms with Crippen molar-refractivity contribution in [1.29, 1.82) is 0 Å². The van der Waals surface area contributed by atoms with E-state index < -0.39 is 0 Å². The van der Waals surface area contributed by atoms with E-state index in [0.29, 0.717) is 24.4 Å². The van der Waals surface area contributed by atoms with Crippen molar-refractivity contribution in [3.05, 3.63) is 29.6 Å². The molecular formula is C13H18N2O2. The van der Waals surface area contributed by atoms with Gasteiger partial charge in [-0.2, -0.15) is 0 Å². The molecule has 0 bridgehead atoms. The van der Waals surface area contributed by atoms with Gasteiger partial charge in [-0.3, -0.25) is 4.98 Å². The maximum Gasteiger partial charge on any atom is 0.338 e. The number of nitrogens with zero attached hydrogens (tertiary/aromatic N) is 1. The molecule has 17 heavy (non-hydrogen) atoms. The Morgan fingerprint density at radius 1 is 1.53 bits per heavy atom. The van der Waals surface area contributed by atoms with Crippen molar-refractivity contribution in [2.75, 3.05) is 6.61 Å². The van der Waals surface area contributed by atoms with Gasteiger partial charge in [-0.05, 0) is 24.5 Å². The van der Waals surface area contributed by atoms with Crippen LogP contribution in [0.1, 0.15) is 41.7 Å². The normalized spacial score (nSPS) is 15.4. The highest BCUT2D eigenvalue weighted by atomic mass is 16.5. The molecule has 0 aromatic carbocycles. The number of esters is 1. The highest BCUT2D eigenvalue weighted by molar-refractivity contribution is 5.89. The molecule has 1 aromatic heterocycles. The van der Waals surface area contributed by atoms with Crippen molar-refractivity contribution in [2.45, 2.75) is 32.2 Å². The van der Waals surface area contributed by atoms with Crippen molar-refractivity contribution in [3.8, 4) is 0 Å². The van der Waals surface area contributed by atoms with Crippen LogP contribution in [-0.2, 0) is 11.3 Å². The minimum atomic E-state index is -0.276. The molecule has 1 aliphatic carbocycles. The van der Waals surface area contributed by atoms with Crippen LogP contribution in [0.25, 0.3) is 0 Å². The molecule has 4 heteroatoms. The Morgan fingerprint density at radius 2 is 2.35 bits per heavy atom. The van der Waals surface area contributed by atoms with Crippen molar-refractivity contribution < 1.29 is 9.53 Å².